The number of likely N-dealkylation sites (tertiary alicyclic amines) is 1. The van der Waals surface area contributed by atoms with E-state index in [9.17, 15) is 9.18 Å². The average Bonchev–Trinajstić information content (AvgIpc) is 2.99. The largest absolute Gasteiger partial charge is 0.462 e. The lowest BCUT2D eigenvalue weighted by molar-refractivity contribution is -0.128. The molecule has 6 rings (SSSR count). The first kappa shape index (κ1) is 32.2. The summed E-state index contributed by atoms with van der Waals surface area (Å²) in [7, 11) is 0. The van der Waals surface area contributed by atoms with Gasteiger partial charge in [0.1, 0.15) is 12.4 Å². The third-order valence-electron chi connectivity index (χ3n) is 8.96. The van der Waals surface area contributed by atoms with Crippen molar-refractivity contribution in [2.24, 2.45) is 0 Å². The van der Waals surface area contributed by atoms with Gasteiger partial charge in [0.15, 0.2) is 5.83 Å². The molecule has 2 aromatic carbocycles. The minimum absolute atomic E-state index is 0.0905. The maximum absolute atomic E-state index is 13.5. The first-order chi connectivity index (χ1) is 21.5. The average molecular weight is 614 g/mol. The standard InChI is InChI=1S/C33H41FN6O2.C2H3N/c1-22-8-6-9-24-10-7-11-28(29(22)24)39-14-13-26-27(20-39)35-32(42-21-25-12-15-40(25)33(3,4)5)36-30(26)37-16-18-38(19-17-37)31(41)23(2)34;1-2-3/h6-11,25H,2,12-21H2,1,3-5H3;1H3. The van der Waals surface area contributed by atoms with Crippen LogP contribution in [-0.2, 0) is 17.8 Å². The van der Waals surface area contributed by atoms with Crippen molar-refractivity contribution in [1.82, 2.24) is 19.8 Å². The van der Waals surface area contributed by atoms with Crippen LogP contribution < -0.4 is 14.5 Å². The number of rotatable bonds is 6. The number of piperazine rings is 1. The highest BCUT2D eigenvalue weighted by atomic mass is 19.1. The number of aromatic nitrogens is 2. The number of hydrogen-bond donors (Lipinski definition) is 0. The van der Waals surface area contributed by atoms with Gasteiger partial charge in [0, 0.05) is 74.4 Å². The van der Waals surface area contributed by atoms with Gasteiger partial charge in [-0.15, -0.1) is 0 Å². The summed E-state index contributed by atoms with van der Waals surface area (Å²) < 4.78 is 19.8. The van der Waals surface area contributed by atoms with Crippen LogP contribution in [0.3, 0.4) is 0 Å². The van der Waals surface area contributed by atoms with Crippen molar-refractivity contribution < 1.29 is 13.9 Å². The smallest absolute Gasteiger partial charge is 0.318 e. The number of halogens is 1. The molecule has 45 heavy (non-hydrogen) atoms. The molecule has 0 bridgehead atoms. The molecule has 2 saturated heterocycles. The Balaban J connectivity index is 0.00000128. The van der Waals surface area contributed by atoms with Crippen LogP contribution in [0.4, 0.5) is 15.9 Å². The van der Waals surface area contributed by atoms with E-state index in [1.807, 2.05) is 0 Å². The van der Waals surface area contributed by atoms with Gasteiger partial charge in [0.05, 0.1) is 18.3 Å². The number of carbonyl (C=O) groups excluding carboxylic acids is 1. The number of hydrogen-bond acceptors (Lipinski definition) is 8. The van der Waals surface area contributed by atoms with Crippen LogP contribution in [0.1, 0.15) is 50.9 Å². The Morgan fingerprint density at radius 2 is 1.76 bits per heavy atom. The highest BCUT2D eigenvalue weighted by Crippen LogP contribution is 2.36. The molecular formula is C35H44FN7O2. The zero-order chi connectivity index (χ0) is 32.3. The molecule has 1 atom stereocenters. The second-order valence-electron chi connectivity index (χ2n) is 12.9. The van der Waals surface area contributed by atoms with Gasteiger partial charge < -0.3 is 19.4 Å². The summed E-state index contributed by atoms with van der Waals surface area (Å²) in [6.07, 6.45) is 1.90. The number of benzene rings is 2. The Morgan fingerprint density at radius 3 is 2.38 bits per heavy atom. The maximum atomic E-state index is 13.5. The number of fused-ring (bicyclic) bond motifs is 2. The SMILES string of the molecule is C=C(F)C(=O)N1CCN(c2nc(OCC3CCN3C(C)(C)C)nc3c2CCN(c2cccc4cccc(C)c24)C3)CC1.CC#N. The van der Waals surface area contributed by atoms with Crippen LogP contribution in [0.5, 0.6) is 6.01 Å². The topological polar surface area (TPSA) is 88.8 Å². The van der Waals surface area contributed by atoms with Crippen molar-refractivity contribution >= 4 is 28.2 Å². The van der Waals surface area contributed by atoms with E-state index < -0.39 is 11.7 Å². The first-order valence-electron chi connectivity index (χ1n) is 15.7. The molecule has 3 aromatic rings. The lowest BCUT2D eigenvalue weighted by Crippen LogP contribution is -2.59. The molecule has 0 aliphatic carbocycles. The minimum Gasteiger partial charge on any atom is -0.462 e. The highest BCUT2D eigenvalue weighted by Gasteiger charge is 2.37. The van der Waals surface area contributed by atoms with Gasteiger partial charge in [-0.25, -0.2) is 4.39 Å². The van der Waals surface area contributed by atoms with E-state index in [4.69, 9.17) is 20.0 Å². The summed E-state index contributed by atoms with van der Waals surface area (Å²) in [5, 5.41) is 9.83. The van der Waals surface area contributed by atoms with Crippen molar-refractivity contribution in [2.75, 3.05) is 55.7 Å². The summed E-state index contributed by atoms with van der Waals surface area (Å²) in [6.45, 7) is 18.6. The number of anilines is 2. The zero-order valence-electron chi connectivity index (χ0n) is 27.1. The molecule has 4 heterocycles. The third kappa shape index (κ3) is 6.89. The van der Waals surface area contributed by atoms with Crippen molar-refractivity contribution in [3.8, 4) is 12.1 Å². The molecule has 1 amide bonds. The van der Waals surface area contributed by atoms with Gasteiger partial charge in [-0.05, 0) is 57.6 Å². The maximum Gasteiger partial charge on any atom is 0.318 e. The molecule has 0 radical (unpaired) electrons. The molecule has 0 N–H and O–H groups in total. The summed E-state index contributed by atoms with van der Waals surface area (Å²) in [5.41, 5.74) is 4.67. The molecule has 2 fully saturated rings. The monoisotopic (exact) mass is 613 g/mol. The number of nitrogens with zero attached hydrogens (tertiary/aromatic N) is 7. The molecule has 1 aromatic heterocycles. The predicted molar refractivity (Wildman–Crippen MR) is 176 cm³/mol. The van der Waals surface area contributed by atoms with Gasteiger partial charge in [-0.2, -0.15) is 15.2 Å². The van der Waals surface area contributed by atoms with E-state index in [-0.39, 0.29) is 5.54 Å². The van der Waals surface area contributed by atoms with Crippen molar-refractivity contribution in [3.63, 3.8) is 0 Å². The number of aryl methyl sites for hydroxylation is 1. The molecule has 10 heteroatoms. The number of amides is 1. The Morgan fingerprint density at radius 1 is 1.07 bits per heavy atom. The van der Waals surface area contributed by atoms with Crippen LogP contribution in [0.25, 0.3) is 10.8 Å². The van der Waals surface area contributed by atoms with E-state index >= 15 is 0 Å². The van der Waals surface area contributed by atoms with Gasteiger partial charge in [-0.1, -0.05) is 36.9 Å². The Bertz CT molecular complexity index is 1600. The Labute approximate surface area is 265 Å². The highest BCUT2D eigenvalue weighted by molar-refractivity contribution is 5.97. The summed E-state index contributed by atoms with van der Waals surface area (Å²) in [6, 6.07) is 15.4. The predicted octanol–water partition coefficient (Wildman–Crippen LogP) is 5.41. The Kier molecular flexibility index (Phi) is 9.59. The molecule has 9 nitrogen and oxygen atoms in total. The van der Waals surface area contributed by atoms with E-state index in [1.165, 1.54) is 33.8 Å². The molecule has 3 aliphatic rings. The normalized spacial score (nSPS) is 18.3. The number of ether oxygens (including phenoxy) is 1. The quantitative estimate of drug-likeness (QED) is 0.341. The fourth-order valence-electron chi connectivity index (χ4n) is 6.65. The lowest BCUT2D eigenvalue weighted by Gasteiger charge is -2.49. The molecule has 1 unspecified atom stereocenters. The van der Waals surface area contributed by atoms with E-state index in [0.29, 0.717) is 51.4 Å². The molecule has 238 valence electrons. The lowest BCUT2D eigenvalue weighted by atomic mass is 9.94. The second-order valence-corrected chi connectivity index (χ2v) is 12.9. The van der Waals surface area contributed by atoms with Crippen molar-refractivity contribution in [2.45, 2.75) is 65.6 Å². The van der Waals surface area contributed by atoms with Crippen LogP contribution in [0.2, 0.25) is 0 Å². The van der Waals surface area contributed by atoms with Gasteiger partial charge in [0.25, 0.3) is 5.91 Å². The van der Waals surface area contributed by atoms with Crippen LogP contribution in [-0.4, -0.2) is 83.1 Å². The second kappa shape index (κ2) is 13.4. The van der Waals surface area contributed by atoms with E-state index in [0.717, 1.165) is 43.0 Å². The van der Waals surface area contributed by atoms with Crippen LogP contribution in [0.15, 0.2) is 48.8 Å². The van der Waals surface area contributed by atoms with E-state index in [2.05, 4.69) is 85.4 Å². The fraction of sp³-hybridized carbons (Fsp3) is 0.486. The van der Waals surface area contributed by atoms with Gasteiger partial charge in [0.2, 0.25) is 0 Å². The molecular weight excluding hydrogens is 569 g/mol. The minimum atomic E-state index is -0.914. The van der Waals surface area contributed by atoms with Gasteiger partial charge >= 0.3 is 6.01 Å². The van der Waals surface area contributed by atoms with Crippen molar-refractivity contribution in [3.05, 3.63) is 65.6 Å². The van der Waals surface area contributed by atoms with Gasteiger partial charge in [-0.3, -0.25) is 9.69 Å². The van der Waals surface area contributed by atoms with Crippen LogP contribution >= 0.6 is 0 Å². The molecule has 3 aliphatic heterocycles. The zero-order valence-corrected chi connectivity index (χ0v) is 27.1. The Hall–Kier alpha value is -4.23. The summed E-state index contributed by atoms with van der Waals surface area (Å²) >= 11 is 0. The summed E-state index contributed by atoms with van der Waals surface area (Å²) in [5.74, 6) is -0.674. The number of carbonyl (C=O) groups is 1. The first-order valence-corrected chi connectivity index (χ1v) is 15.7. The molecule has 0 saturated carbocycles. The van der Waals surface area contributed by atoms with E-state index in [1.54, 1.807) is 6.07 Å². The fourth-order valence-corrected chi connectivity index (χ4v) is 6.65. The third-order valence-corrected chi connectivity index (χ3v) is 8.96. The molecule has 0 spiro atoms. The summed E-state index contributed by atoms with van der Waals surface area (Å²) in [4.78, 5) is 30.7. The number of nitriles is 1. The van der Waals surface area contributed by atoms with Crippen LogP contribution in [0, 0.1) is 18.3 Å². The van der Waals surface area contributed by atoms with Crippen molar-refractivity contribution in [1.29, 1.82) is 5.26 Å².